The van der Waals surface area contributed by atoms with Crippen molar-refractivity contribution in [3.05, 3.63) is 0 Å². The molecule has 1 saturated heterocycles. The number of carbonyl (C=O) groups excluding carboxylic acids is 1. The lowest BCUT2D eigenvalue weighted by atomic mass is 9.67. The minimum Gasteiger partial charge on any atom is -0.389 e. The summed E-state index contributed by atoms with van der Waals surface area (Å²) in [6.45, 7) is 0.619. The van der Waals surface area contributed by atoms with E-state index in [4.69, 9.17) is 4.84 Å². The van der Waals surface area contributed by atoms with Crippen LogP contribution in [0.25, 0.3) is 0 Å². The Hall–Kier alpha value is -0.610. The van der Waals surface area contributed by atoms with Crippen molar-refractivity contribution in [3.8, 4) is 0 Å². The SMILES string of the molecule is O=C(C1CCC2CCCCC2C1)N1CC(O)CO1. The van der Waals surface area contributed by atoms with Gasteiger partial charge >= 0.3 is 0 Å². The number of hydrogen-bond acceptors (Lipinski definition) is 3. The number of hydroxylamine groups is 2. The Morgan fingerprint density at radius 1 is 1.11 bits per heavy atom. The van der Waals surface area contributed by atoms with E-state index in [0.717, 1.165) is 24.7 Å². The van der Waals surface area contributed by atoms with Crippen LogP contribution in [0.5, 0.6) is 0 Å². The maximum atomic E-state index is 12.3. The maximum Gasteiger partial charge on any atom is 0.249 e. The summed E-state index contributed by atoms with van der Waals surface area (Å²) in [6.07, 6.45) is 8.14. The molecule has 4 nitrogen and oxygen atoms in total. The number of aliphatic hydroxyl groups excluding tert-OH is 1. The van der Waals surface area contributed by atoms with Gasteiger partial charge < -0.3 is 5.11 Å². The molecule has 4 atom stereocenters. The van der Waals surface area contributed by atoms with Crippen molar-refractivity contribution < 1.29 is 14.7 Å². The summed E-state index contributed by atoms with van der Waals surface area (Å²) >= 11 is 0. The molecule has 1 aliphatic heterocycles. The van der Waals surface area contributed by atoms with Gasteiger partial charge in [0.15, 0.2) is 0 Å². The van der Waals surface area contributed by atoms with E-state index >= 15 is 0 Å². The lowest BCUT2D eigenvalue weighted by molar-refractivity contribution is -0.175. The number of amides is 1. The van der Waals surface area contributed by atoms with Crippen molar-refractivity contribution in [1.29, 1.82) is 0 Å². The molecule has 0 aromatic heterocycles. The van der Waals surface area contributed by atoms with Crippen molar-refractivity contribution >= 4 is 5.91 Å². The molecule has 0 aromatic carbocycles. The molecule has 0 bridgehead atoms. The van der Waals surface area contributed by atoms with E-state index in [0.29, 0.717) is 6.54 Å². The van der Waals surface area contributed by atoms with Crippen molar-refractivity contribution in [2.24, 2.45) is 17.8 Å². The molecule has 4 heteroatoms. The van der Waals surface area contributed by atoms with Gasteiger partial charge in [0.25, 0.3) is 0 Å². The van der Waals surface area contributed by atoms with Gasteiger partial charge in [-0.3, -0.25) is 9.63 Å². The van der Waals surface area contributed by atoms with Crippen LogP contribution in [0.1, 0.15) is 44.9 Å². The van der Waals surface area contributed by atoms with Crippen LogP contribution in [0.2, 0.25) is 0 Å². The molecule has 1 N–H and O–H groups in total. The standard InChI is InChI=1S/C14H23NO3/c16-13-8-15(18-9-13)14(17)12-6-5-10-3-1-2-4-11(10)7-12/h10-13,16H,1-9H2. The molecular weight excluding hydrogens is 230 g/mol. The lowest BCUT2D eigenvalue weighted by Crippen LogP contribution is -2.39. The van der Waals surface area contributed by atoms with Crippen molar-refractivity contribution in [3.63, 3.8) is 0 Å². The van der Waals surface area contributed by atoms with Crippen LogP contribution in [0, 0.1) is 17.8 Å². The third-order valence-corrected chi connectivity index (χ3v) is 4.93. The quantitative estimate of drug-likeness (QED) is 0.774. The first kappa shape index (κ1) is 12.4. The smallest absolute Gasteiger partial charge is 0.249 e. The van der Waals surface area contributed by atoms with E-state index in [9.17, 15) is 9.90 Å². The Kier molecular flexibility index (Phi) is 3.57. The fourth-order valence-electron chi connectivity index (χ4n) is 3.93. The average molecular weight is 253 g/mol. The van der Waals surface area contributed by atoms with Gasteiger partial charge in [-0.25, -0.2) is 5.06 Å². The Labute approximate surface area is 108 Å². The van der Waals surface area contributed by atoms with Gasteiger partial charge in [0.1, 0.15) is 6.61 Å². The van der Waals surface area contributed by atoms with Gasteiger partial charge in [0.2, 0.25) is 5.91 Å². The van der Waals surface area contributed by atoms with E-state index < -0.39 is 6.10 Å². The lowest BCUT2D eigenvalue weighted by Gasteiger charge is -2.39. The molecule has 2 saturated carbocycles. The topological polar surface area (TPSA) is 49.8 Å². The van der Waals surface area contributed by atoms with Gasteiger partial charge in [-0.05, 0) is 31.1 Å². The fraction of sp³-hybridized carbons (Fsp3) is 0.929. The monoisotopic (exact) mass is 253 g/mol. The van der Waals surface area contributed by atoms with Crippen LogP contribution >= 0.6 is 0 Å². The molecule has 0 spiro atoms. The molecule has 0 radical (unpaired) electrons. The van der Waals surface area contributed by atoms with Crippen LogP contribution in [-0.2, 0) is 9.63 Å². The van der Waals surface area contributed by atoms with Crippen LogP contribution < -0.4 is 0 Å². The largest absolute Gasteiger partial charge is 0.389 e. The molecule has 18 heavy (non-hydrogen) atoms. The van der Waals surface area contributed by atoms with Gasteiger partial charge in [0.05, 0.1) is 12.6 Å². The Morgan fingerprint density at radius 3 is 2.61 bits per heavy atom. The zero-order valence-electron chi connectivity index (χ0n) is 10.9. The highest BCUT2D eigenvalue weighted by molar-refractivity contribution is 5.78. The molecular formula is C14H23NO3. The summed E-state index contributed by atoms with van der Waals surface area (Å²) in [4.78, 5) is 17.6. The number of β-amino-alcohol motifs (C(OH)–C–C–N with tert-alkyl or cyclic N) is 1. The number of carbonyl (C=O) groups is 1. The number of aliphatic hydroxyl groups is 1. The van der Waals surface area contributed by atoms with Crippen LogP contribution in [0.4, 0.5) is 0 Å². The van der Waals surface area contributed by atoms with E-state index in [-0.39, 0.29) is 18.4 Å². The van der Waals surface area contributed by atoms with Crippen molar-refractivity contribution in [2.75, 3.05) is 13.2 Å². The molecule has 4 unspecified atom stereocenters. The molecule has 0 aromatic rings. The minimum atomic E-state index is -0.500. The van der Waals surface area contributed by atoms with Crippen molar-refractivity contribution in [2.45, 2.75) is 51.0 Å². The van der Waals surface area contributed by atoms with E-state index in [1.54, 1.807) is 0 Å². The molecule has 2 aliphatic carbocycles. The van der Waals surface area contributed by atoms with Crippen LogP contribution in [0.3, 0.4) is 0 Å². The van der Waals surface area contributed by atoms with Crippen molar-refractivity contribution in [1.82, 2.24) is 5.06 Å². The summed E-state index contributed by atoms with van der Waals surface area (Å²) in [5.41, 5.74) is 0. The second-order valence-electron chi connectivity index (χ2n) is 6.16. The predicted molar refractivity (Wildman–Crippen MR) is 66.5 cm³/mol. The molecule has 1 amide bonds. The first-order valence-electron chi connectivity index (χ1n) is 7.36. The van der Waals surface area contributed by atoms with E-state index in [1.165, 1.54) is 37.2 Å². The number of rotatable bonds is 1. The highest BCUT2D eigenvalue weighted by Crippen LogP contribution is 2.43. The highest BCUT2D eigenvalue weighted by atomic mass is 16.7. The Bertz CT molecular complexity index is 320. The summed E-state index contributed by atoms with van der Waals surface area (Å²) in [6, 6.07) is 0. The predicted octanol–water partition coefficient (Wildman–Crippen LogP) is 1.73. The minimum absolute atomic E-state index is 0.107. The summed E-state index contributed by atoms with van der Waals surface area (Å²) in [5.74, 6) is 1.87. The zero-order chi connectivity index (χ0) is 12.5. The molecule has 3 fully saturated rings. The Balaban J connectivity index is 1.58. The number of hydrogen-bond donors (Lipinski definition) is 1. The summed E-state index contributed by atoms with van der Waals surface area (Å²) in [5, 5.41) is 10.8. The normalized spacial score (nSPS) is 40.6. The number of nitrogens with zero attached hydrogens (tertiary/aromatic N) is 1. The highest BCUT2D eigenvalue weighted by Gasteiger charge is 2.38. The second-order valence-corrected chi connectivity index (χ2v) is 6.16. The van der Waals surface area contributed by atoms with E-state index in [2.05, 4.69) is 0 Å². The van der Waals surface area contributed by atoms with E-state index in [1.807, 2.05) is 0 Å². The van der Waals surface area contributed by atoms with Gasteiger partial charge in [-0.2, -0.15) is 0 Å². The molecule has 102 valence electrons. The summed E-state index contributed by atoms with van der Waals surface area (Å²) in [7, 11) is 0. The van der Waals surface area contributed by atoms with Gasteiger partial charge in [-0.15, -0.1) is 0 Å². The zero-order valence-corrected chi connectivity index (χ0v) is 10.9. The average Bonchev–Trinajstić information content (AvgIpc) is 2.84. The second kappa shape index (κ2) is 5.17. The first-order valence-corrected chi connectivity index (χ1v) is 7.36. The molecule has 3 aliphatic rings. The third-order valence-electron chi connectivity index (χ3n) is 4.93. The first-order chi connectivity index (χ1) is 8.74. The molecule has 1 heterocycles. The fourth-order valence-corrected chi connectivity index (χ4v) is 3.93. The van der Waals surface area contributed by atoms with Crippen LogP contribution in [-0.4, -0.2) is 35.3 Å². The van der Waals surface area contributed by atoms with Crippen LogP contribution in [0.15, 0.2) is 0 Å². The van der Waals surface area contributed by atoms with Gasteiger partial charge in [-0.1, -0.05) is 25.7 Å². The Morgan fingerprint density at radius 2 is 1.89 bits per heavy atom. The molecule has 3 rings (SSSR count). The van der Waals surface area contributed by atoms with Gasteiger partial charge in [0, 0.05) is 5.92 Å². The summed E-state index contributed by atoms with van der Waals surface area (Å²) < 4.78 is 0. The third kappa shape index (κ3) is 2.41. The number of fused-ring (bicyclic) bond motifs is 1. The maximum absolute atomic E-state index is 12.3.